The normalized spacial score (nSPS) is 12.1. The third-order valence-corrected chi connectivity index (χ3v) is 1.66. The van der Waals surface area contributed by atoms with Crippen LogP contribution >= 0.6 is 0 Å². The Morgan fingerprint density at radius 1 is 1.58 bits per heavy atom. The topological polar surface area (TPSA) is 81.1 Å². The lowest BCUT2D eigenvalue weighted by Gasteiger charge is -2.14. The Kier molecular flexibility index (Phi) is 6.09. The van der Waals surface area contributed by atoms with Crippen molar-refractivity contribution in [3.63, 3.8) is 0 Å². The lowest BCUT2D eigenvalue weighted by atomic mass is 10.1. The van der Waals surface area contributed by atoms with Gasteiger partial charge in [0.1, 0.15) is 0 Å². The molecule has 0 saturated heterocycles. The van der Waals surface area contributed by atoms with Crippen molar-refractivity contribution < 1.29 is 4.79 Å². The highest BCUT2D eigenvalue weighted by atomic mass is 16.1. The fourth-order valence-electron chi connectivity index (χ4n) is 0.951. The number of amides is 1. The summed E-state index contributed by atoms with van der Waals surface area (Å²) in [5.41, 5.74) is 11.3. The highest BCUT2D eigenvalue weighted by Gasteiger charge is 2.06. The third-order valence-electron chi connectivity index (χ3n) is 1.66. The fourth-order valence-corrected chi connectivity index (χ4v) is 0.951. The van der Waals surface area contributed by atoms with Crippen LogP contribution in [0.4, 0.5) is 0 Å². The molecule has 0 spiro atoms. The van der Waals surface area contributed by atoms with Gasteiger partial charge in [0.15, 0.2) is 0 Å². The average Bonchev–Trinajstić information content (AvgIpc) is 2.03. The molecule has 1 atom stereocenters. The second kappa shape index (κ2) is 6.67. The molecule has 5 N–H and O–H groups in total. The van der Waals surface area contributed by atoms with E-state index < -0.39 is 0 Å². The Morgan fingerprint density at radius 2 is 2.25 bits per heavy atom. The zero-order valence-electron chi connectivity index (χ0n) is 7.25. The van der Waals surface area contributed by atoms with Gasteiger partial charge in [0, 0.05) is 5.70 Å². The Balaban J connectivity index is 3.63. The van der Waals surface area contributed by atoms with E-state index in [0.29, 0.717) is 18.7 Å². The Hall–Kier alpha value is -1.03. The predicted molar refractivity (Wildman–Crippen MR) is 49.2 cm³/mol. The molecule has 0 fully saturated rings. The zero-order chi connectivity index (χ0) is 9.40. The second-order valence-corrected chi connectivity index (χ2v) is 2.70. The molecule has 4 heteroatoms. The van der Waals surface area contributed by atoms with Gasteiger partial charge in [0.2, 0.25) is 6.41 Å². The number of rotatable bonds is 7. The smallest absolute Gasteiger partial charge is 0.207 e. The van der Waals surface area contributed by atoms with Crippen LogP contribution in [0.1, 0.15) is 19.3 Å². The summed E-state index contributed by atoms with van der Waals surface area (Å²) in [6.07, 6.45) is 3.36. The van der Waals surface area contributed by atoms with Gasteiger partial charge in [-0.25, -0.2) is 0 Å². The lowest BCUT2D eigenvalue weighted by Crippen LogP contribution is -2.32. The van der Waals surface area contributed by atoms with Crippen molar-refractivity contribution in [2.24, 2.45) is 11.5 Å². The summed E-state index contributed by atoms with van der Waals surface area (Å²) in [5.74, 6) is 0. The Morgan fingerprint density at radius 3 is 2.67 bits per heavy atom. The minimum atomic E-state index is -0.103. The van der Waals surface area contributed by atoms with Crippen LogP contribution < -0.4 is 16.8 Å². The van der Waals surface area contributed by atoms with E-state index in [-0.39, 0.29) is 6.04 Å². The number of nitrogens with two attached hydrogens (primary N) is 2. The zero-order valence-corrected chi connectivity index (χ0v) is 7.25. The number of unbranched alkanes of at least 4 members (excludes halogenated alkanes) is 1. The first-order chi connectivity index (χ1) is 5.72. The molecule has 12 heavy (non-hydrogen) atoms. The molecule has 0 aliphatic heterocycles. The van der Waals surface area contributed by atoms with Gasteiger partial charge in [-0.15, -0.1) is 0 Å². The summed E-state index contributed by atoms with van der Waals surface area (Å²) in [6.45, 7) is 4.25. The molecular formula is C8H17N3O. The van der Waals surface area contributed by atoms with Gasteiger partial charge < -0.3 is 16.8 Å². The van der Waals surface area contributed by atoms with Gasteiger partial charge in [0.25, 0.3) is 0 Å². The van der Waals surface area contributed by atoms with E-state index in [1.54, 1.807) is 0 Å². The number of carbonyl (C=O) groups is 1. The second-order valence-electron chi connectivity index (χ2n) is 2.70. The van der Waals surface area contributed by atoms with Crippen LogP contribution in [0.2, 0.25) is 0 Å². The van der Waals surface area contributed by atoms with Crippen LogP contribution in [0.25, 0.3) is 0 Å². The molecule has 0 aromatic rings. The van der Waals surface area contributed by atoms with Gasteiger partial charge in [0.05, 0.1) is 6.04 Å². The Labute approximate surface area is 73.0 Å². The van der Waals surface area contributed by atoms with Crippen LogP contribution in [0.3, 0.4) is 0 Å². The number of nitrogens with one attached hydrogen (secondary N) is 1. The molecule has 1 amide bonds. The molecule has 70 valence electrons. The minimum Gasteiger partial charge on any atom is -0.401 e. The first kappa shape index (κ1) is 11.0. The van der Waals surface area contributed by atoms with Crippen LogP contribution in [-0.4, -0.2) is 19.0 Å². The van der Waals surface area contributed by atoms with E-state index in [2.05, 4.69) is 11.9 Å². The monoisotopic (exact) mass is 171 g/mol. The highest BCUT2D eigenvalue weighted by molar-refractivity contribution is 5.47. The van der Waals surface area contributed by atoms with Gasteiger partial charge in [-0.3, -0.25) is 4.79 Å². The van der Waals surface area contributed by atoms with Crippen molar-refractivity contribution in [1.82, 2.24) is 5.32 Å². The molecule has 4 nitrogen and oxygen atoms in total. The summed E-state index contributed by atoms with van der Waals surface area (Å²) in [6, 6.07) is -0.103. The van der Waals surface area contributed by atoms with Crippen LogP contribution in [0.15, 0.2) is 12.3 Å². The van der Waals surface area contributed by atoms with Gasteiger partial charge in [-0.2, -0.15) is 0 Å². The summed E-state index contributed by atoms with van der Waals surface area (Å²) in [7, 11) is 0. The highest BCUT2D eigenvalue weighted by Crippen LogP contribution is 2.03. The first-order valence-corrected chi connectivity index (χ1v) is 4.06. The average molecular weight is 171 g/mol. The van der Waals surface area contributed by atoms with E-state index in [1.807, 2.05) is 0 Å². The largest absolute Gasteiger partial charge is 0.401 e. The van der Waals surface area contributed by atoms with Crippen molar-refractivity contribution >= 4 is 6.41 Å². The molecule has 0 heterocycles. The van der Waals surface area contributed by atoms with Crippen molar-refractivity contribution in [3.05, 3.63) is 12.3 Å². The van der Waals surface area contributed by atoms with Gasteiger partial charge in [-0.05, 0) is 25.8 Å². The molecule has 0 unspecified atom stereocenters. The van der Waals surface area contributed by atoms with Crippen molar-refractivity contribution in [3.8, 4) is 0 Å². The van der Waals surface area contributed by atoms with Crippen LogP contribution in [0.5, 0.6) is 0 Å². The lowest BCUT2D eigenvalue weighted by molar-refractivity contribution is -0.110. The maximum Gasteiger partial charge on any atom is 0.207 e. The van der Waals surface area contributed by atoms with E-state index in [9.17, 15) is 4.79 Å². The molecular weight excluding hydrogens is 154 g/mol. The van der Waals surface area contributed by atoms with Crippen LogP contribution in [-0.2, 0) is 4.79 Å². The van der Waals surface area contributed by atoms with E-state index in [0.717, 1.165) is 19.3 Å². The molecule has 0 aromatic heterocycles. The summed E-state index contributed by atoms with van der Waals surface area (Å²) >= 11 is 0. The maximum absolute atomic E-state index is 10.1. The van der Waals surface area contributed by atoms with Gasteiger partial charge >= 0.3 is 0 Å². The van der Waals surface area contributed by atoms with E-state index in [4.69, 9.17) is 11.5 Å². The SMILES string of the molecule is C=C(N)[C@H](CCCCN)NC=O. The predicted octanol–water partition coefficient (Wildman–Crippen LogP) is -0.298. The van der Waals surface area contributed by atoms with Gasteiger partial charge in [-0.1, -0.05) is 6.58 Å². The quantitative estimate of drug-likeness (QED) is 0.363. The number of carbonyl (C=O) groups excluding carboxylic acids is 1. The Bertz CT molecular complexity index is 147. The first-order valence-electron chi connectivity index (χ1n) is 4.06. The molecule has 0 radical (unpaired) electrons. The summed E-state index contributed by atoms with van der Waals surface area (Å²) < 4.78 is 0. The maximum atomic E-state index is 10.1. The van der Waals surface area contributed by atoms with Crippen molar-refractivity contribution in [1.29, 1.82) is 0 Å². The standard InChI is InChI=1S/C8H17N3O/c1-7(10)8(11-6-12)4-2-3-5-9/h6,8H,1-5,9-10H2,(H,11,12)/t8-/m0/s1. The fraction of sp³-hybridized carbons (Fsp3) is 0.625. The molecule has 0 aliphatic carbocycles. The van der Waals surface area contributed by atoms with Crippen molar-refractivity contribution in [2.75, 3.05) is 6.54 Å². The summed E-state index contributed by atoms with van der Waals surface area (Å²) in [4.78, 5) is 10.1. The molecule has 0 bridgehead atoms. The molecule has 0 saturated carbocycles. The third kappa shape index (κ3) is 4.73. The van der Waals surface area contributed by atoms with Crippen LogP contribution in [0, 0.1) is 0 Å². The molecule has 0 aromatic carbocycles. The number of hydrogen-bond donors (Lipinski definition) is 3. The summed E-state index contributed by atoms with van der Waals surface area (Å²) in [5, 5.41) is 2.60. The molecule has 0 aliphatic rings. The molecule has 0 rings (SSSR count). The minimum absolute atomic E-state index is 0.103. The van der Waals surface area contributed by atoms with E-state index >= 15 is 0 Å². The van der Waals surface area contributed by atoms with Crippen molar-refractivity contribution in [2.45, 2.75) is 25.3 Å². The number of hydrogen-bond acceptors (Lipinski definition) is 3. The van der Waals surface area contributed by atoms with E-state index in [1.165, 1.54) is 0 Å².